The lowest BCUT2D eigenvalue weighted by Gasteiger charge is -2.22. The smallest absolute Gasteiger partial charge is 0.257 e. The second-order valence-corrected chi connectivity index (χ2v) is 7.68. The quantitative estimate of drug-likeness (QED) is 0.837. The molecule has 0 unspecified atom stereocenters. The zero-order valence-corrected chi connectivity index (χ0v) is 12.5. The zero-order chi connectivity index (χ0) is 14.3. The molecule has 2 rings (SSSR count). The van der Waals surface area contributed by atoms with Crippen molar-refractivity contribution in [1.29, 1.82) is 0 Å². The topological polar surface area (TPSA) is 55.7 Å². The second-order valence-electron chi connectivity index (χ2n) is 6.04. The highest BCUT2D eigenvalue weighted by Crippen LogP contribution is 2.30. The van der Waals surface area contributed by atoms with Crippen LogP contribution in [0.5, 0.6) is 5.75 Å². The van der Waals surface area contributed by atoms with E-state index in [1.54, 1.807) is 6.92 Å². The van der Waals surface area contributed by atoms with Gasteiger partial charge in [-0.3, -0.25) is 0 Å². The van der Waals surface area contributed by atoms with Crippen molar-refractivity contribution >= 4 is 15.7 Å². The van der Waals surface area contributed by atoms with Crippen LogP contribution in [0.1, 0.15) is 38.8 Å². The molecule has 0 bridgehead atoms. The molecule has 104 valence electrons. The number of hydrogen-bond acceptors (Lipinski definition) is 3. The van der Waals surface area contributed by atoms with Gasteiger partial charge in [0.2, 0.25) is 0 Å². The Kier molecular flexibility index (Phi) is 3.43. The number of sulfonamides is 1. The Balaban J connectivity index is 2.40. The van der Waals surface area contributed by atoms with Gasteiger partial charge in [0, 0.05) is 5.56 Å². The summed E-state index contributed by atoms with van der Waals surface area (Å²) >= 11 is 0. The van der Waals surface area contributed by atoms with Gasteiger partial charge in [-0.15, -0.1) is 0 Å². The van der Waals surface area contributed by atoms with E-state index in [-0.39, 0.29) is 11.2 Å². The summed E-state index contributed by atoms with van der Waals surface area (Å²) in [5.41, 5.74) is 2.14. The number of rotatable bonds is 2. The molecule has 0 saturated carbocycles. The van der Waals surface area contributed by atoms with Crippen molar-refractivity contribution in [2.75, 3.05) is 6.61 Å². The van der Waals surface area contributed by atoms with E-state index in [4.69, 9.17) is 4.74 Å². The Labute approximate surface area is 114 Å². The third-order valence-corrected chi connectivity index (χ3v) is 3.98. The minimum Gasteiger partial charge on any atom is -0.492 e. The lowest BCUT2D eigenvalue weighted by Crippen LogP contribution is -2.20. The van der Waals surface area contributed by atoms with Crippen molar-refractivity contribution in [3.8, 4) is 5.75 Å². The van der Waals surface area contributed by atoms with Crippen LogP contribution in [0.15, 0.2) is 22.6 Å². The van der Waals surface area contributed by atoms with Gasteiger partial charge in [0.1, 0.15) is 5.75 Å². The molecule has 5 heteroatoms. The van der Waals surface area contributed by atoms with Crippen LogP contribution in [0.3, 0.4) is 0 Å². The van der Waals surface area contributed by atoms with Crippen molar-refractivity contribution in [2.24, 2.45) is 9.81 Å². The van der Waals surface area contributed by atoms with Crippen LogP contribution >= 0.6 is 0 Å². The number of nitrogens with zero attached hydrogens (tertiary/aromatic N) is 1. The minimum absolute atomic E-state index is 0.0492. The predicted molar refractivity (Wildman–Crippen MR) is 76.2 cm³/mol. The maximum Gasteiger partial charge on any atom is 0.257 e. The zero-order valence-electron chi connectivity index (χ0n) is 11.7. The Morgan fingerprint density at radius 2 is 2.00 bits per heavy atom. The number of benzene rings is 1. The average Bonchev–Trinajstić information content (AvgIpc) is 2.22. The van der Waals surface area contributed by atoms with E-state index in [0.717, 1.165) is 11.1 Å². The molecular weight excluding hydrogens is 262 g/mol. The highest BCUT2D eigenvalue weighted by molar-refractivity contribution is 7.89. The normalized spacial score (nSPS) is 17.6. The first-order chi connectivity index (χ1) is 8.68. The molecule has 0 fully saturated rings. The van der Waals surface area contributed by atoms with E-state index in [1.165, 1.54) is 0 Å². The number of fused-ring (bicyclic) bond motifs is 1. The van der Waals surface area contributed by atoms with Gasteiger partial charge >= 0.3 is 0 Å². The first-order valence-electron chi connectivity index (χ1n) is 6.22. The van der Waals surface area contributed by atoms with E-state index in [1.807, 2.05) is 18.2 Å². The van der Waals surface area contributed by atoms with Gasteiger partial charge in [0.05, 0.1) is 18.1 Å². The molecule has 0 amide bonds. The van der Waals surface area contributed by atoms with Gasteiger partial charge in [0.25, 0.3) is 10.0 Å². The molecule has 0 radical (unpaired) electrons. The molecule has 1 heterocycles. The molecule has 4 nitrogen and oxygen atoms in total. The minimum atomic E-state index is -3.37. The highest BCUT2D eigenvalue weighted by atomic mass is 32.2. The number of ether oxygens (including phenoxy) is 1. The molecule has 0 N–H and O–H groups in total. The van der Waals surface area contributed by atoms with Gasteiger partial charge in [-0.05, 0) is 24.0 Å². The largest absolute Gasteiger partial charge is 0.492 e. The molecule has 1 aromatic carbocycles. The summed E-state index contributed by atoms with van der Waals surface area (Å²) in [5, 5.41) is 0. The van der Waals surface area contributed by atoms with E-state index in [0.29, 0.717) is 18.1 Å². The van der Waals surface area contributed by atoms with Crippen molar-refractivity contribution in [2.45, 2.75) is 33.4 Å². The molecule has 0 aromatic heterocycles. The monoisotopic (exact) mass is 281 g/mol. The van der Waals surface area contributed by atoms with Gasteiger partial charge in [-0.1, -0.05) is 32.9 Å². The van der Waals surface area contributed by atoms with Gasteiger partial charge < -0.3 is 4.74 Å². The summed E-state index contributed by atoms with van der Waals surface area (Å²) in [6, 6.07) is 5.50. The standard InChI is InChI=1S/C14H19NO3S/c1-10-13-11(8-19(16,17)15-10)6-5-7-12(13)18-9-14(2,3)4/h5-7H,8-9H2,1-4H3. The molecule has 19 heavy (non-hydrogen) atoms. The van der Waals surface area contributed by atoms with Crippen LogP contribution in [-0.4, -0.2) is 20.7 Å². The van der Waals surface area contributed by atoms with Crippen molar-refractivity contribution < 1.29 is 13.2 Å². The van der Waals surface area contributed by atoms with Gasteiger partial charge in [-0.25, -0.2) is 8.42 Å². The summed E-state index contributed by atoms with van der Waals surface area (Å²) < 4.78 is 32.8. The SMILES string of the molecule is CC1=NS(=O)(=O)Cc2cccc(OCC(C)(C)C)c21. The molecule has 1 aromatic rings. The fourth-order valence-corrected chi connectivity index (χ4v) is 3.21. The van der Waals surface area contributed by atoms with Crippen LogP contribution in [0.2, 0.25) is 0 Å². The third-order valence-electron chi connectivity index (χ3n) is 2.75. The summed E-state index contributed by atoms with van der Waals surface area (Å²) in [6.45, 7) is 8.55. The van der Waals surface area contributed by atoms with Gasteiger partial charge in [-0.2, -0.15) is 4.40 Å². The molecule has 0 saturated heterocycles. The Hall–Kier alpha value is -1.36. The van der Waals surface area contributed by atoms with Gasteiger partial charge in [0.15, 0.2) is 0 Å². The van der Waals surface area contributed by atoms with Crippen LogP contribution in [0.25, 0.3) is 0 Å². The summed E-state index contributed by atoms with van der Waals surface area (Å²) in [4.78, 5) is 0. The predicted octanol–water partition coefficient (Wildman–Crippen LogP) is 2.76. The van der Waals surface area contributed by atoms with Crippen LogP contribution in [0, 0.1) is 5.41 Å². The third kappa shape index (κ3) is 3.35. The fourth-order valence-electron chi connectivity index (χ4n) is 2.01. The Morgan fingerprint density at radius 3 is 2.63 bits per heavy atom. The van der Waals surface area contributed by atoms with E-state index in [9.17, 15) is 8.42 Å². The van der Waals surface area contributed by atoms with Crippen molar-refractivity contribution in [3.05, 3.63) is 29.3 Å². The lowest BCUT2D eigenvalue weighted by molar-refractivity contribution is 0.197. The first kappa shape index (κ1) is 14.1. The fraction of sp³-hybridized carbons (Fsp3) is 0.500. The Morgan fingerprint density at radius 1 is 1.32 bits per heavy atom. The second kappa shape index (κ2) is 4.63. The summed E-state index contributed by atoms with van der Waals surface area (Å²) in [5.74, 6) is 0.662. The lowest BCUT2D eigenvalue weighted by atomic mass is 9.98. The highest BCUT2D eigenvalue weighted by Gasteiger charge is 2.24. The van der Waals surface area contributed by atoms with Crippen molar-refractivity contribution in [3.63, 3.8) is 0 Å². The molecule has 1 aliphatic heterocycles. The maximum atomic E-state index is 11.6. The molecule has 0 atom stereocenters. The summed E-state index contributed by atoms with van der Waals surface area (Å²) in [7, 11) is -3.37. The molecule has 1 aliphatic rings. The molecular formula is C14H19NO3S. The van der Waals surface area contributed by atoms with E-state index in [2.05, 4.69) is 25.2 Å². The number of hydrogen-bond donors (Lipinski definition) is 0. The Bertz CT molecular complexity index is 625. The first-order valence-corrected chi connectivity index (χ1v) is 7.83. The van der Waals surface area contributed by atoms with Crippen LogP contribution < -0.4 is 4.74 Å². The van der Waals surface area contributed by atoms with E-state index >= 15 is 0 Å². The summed E-state index contributed by atoms with van der Waals surface area (Å²) in [6.07, 6.45) is 0. The van der Waals surface area contributed by atoms with Crippen molar-refractivity contribution in [1.82, 2.24) is 0 Å². The average molecular weight is 281 g/mol. The van der Waals surface area contributed by atoms with Crippen LogP contribution in [-0.2, 0) is 15.8 Å². The van der Waals surface area contributed by atoms with E-state index < -0.39 is 10.0 Å². The maximum absolute atomic E-state index is 11.6. The molecule has 0 aliphatic carbocycles. The molecule has 0 spiro atoms. The van der Waals surface area contributed by atoms with Crippen LogP contribution in [0.4, 0.5) is 0 Å².